The Bertz CT molecular complexity index is 380. The summed E-state index contributed by atoms with van der Waals surface area (Å²) in [5.74, 6) is 0. The topological polar surface area (TPSA) is 46.4 Å². The van der Waals surface area contributed by atoms with Crippen LogP contribution >= 0.6 is 22.6 Å². The Labute approximate surface area is 103 Å². The number of benzene rings is 1. The molecule has 0 aromatic heterocycles. The first-order valence-electron chi connectivity index (χ1n) is 4.60. The molecule has 82 valence electrons. The quantitative estimate of drug-likeness (QED) is 0.488. The zero-order valence-electron chi connectivity index (χ0n) is 8.90. The van der Waals surface area contributed by atoms with E-state index >= 15 is 0 Å². The molecule has 0 heterocycles. The normalized spacial score (nSPS) is 10.5. The summed E-state index contributed by atoms with van der Waals surface area (Å²) in [5, 5.41) is 10.6. The maximum atomic E-state index is 10.6. The van der Waals surface area contributed by atoms with Gasteiger partial charge in [0.25, 0.3) is 5.69 Å². The van der Waals surface area contributed by atoms with Gasteiger partial charge in [-0.2, -0.15) is 0 Å². The fraction of sp³-hybridized carbons (Fsp3) is 0.400. The van der Waals surface area contributed by atoms with Crippen molar-refractivity contribution in [3.8, 4) is 0 Å². The highest BCUT2D eigenvalue weighted by atomic mass is 127. The third-order valence-corrected chi connectivity index (χ3v) is 3.17. The monoisotopic (exact) mass is 320 g/mol. The smallest absolute Gasteiger partial charge is 0.282 e. The number of hydrogen-bond acceptors (Lipinski definition) is 3. The molecule has 0 radical (unpaired) electrons. The summed E-state index contributed by atoms with van der Waals surface area (Å²) in [5.41, 5.74) is 1.16. The molecule has 4 nitrogen and oxygen atoms in total. The maximum Gasteiger partial charge on any atom is 0.282 e. The molecule has 15 heavy (non-hydrogen) atoms. The molecule has 5 heteroatoms. The van der Waals surface area contributed by atoms with Crippen LogP contribution in [0.25, 0.3) is 0 Å². The Balaban J connectivity index is 3.06. The van der Waals surface area contributed by atoms with Crippen molar-refractivity contribution in [2.75, 3.05) is 11.9 Å². The van der Waals surface area contributed by atoms with Crippen molar-refractivity contribution < 1.29 is 4.92 Å². The number of halogens is 1. The summed E-state index contributed by atoms with van der Waals surface area (Å²) in [6.45, 7) is 4.16. The number of nitrogens with zero attached hydrogens (tertiary/aromatic N) is 2. The van der Waals surface area contributed by atoms with Gasteiger partial charge in [0.1, 0.15) is 0 Å². The predicted octanol–water partition coefficient (Wildman–Crippen LogP) is 3.04. The average molecular weight is 320 g/mol. The second-order valence-electron chi connectivity index (χ2n) is 3.60. The molecule has 1 aromatic rings. The van der Waals surface area contributed by atoms with E-state index in [1.165, 1.54) is 0 Å². The summed E-state index contributed by atoms with van der Waals surface area (Å²) in [7, 11) is 1.97. The van der Waals surface area contributed by atoms with E-state index in [1.54, 1.807) is 12.1 Å². The van der Waals surface area contributed by atoms with E-state index < -0.39 is 0 Å². The second-order valence-corrected chi connectivity index (χ2v) is 4.76. The Morgan fingerprint density at radius 2 is 2.07 bits per heavy atom. The van der Waals surface area contributed by atoms with Crippen LogP contribution < -0.4 is 4.90 Å². The Morgan fingerprint density at radius 3 is 2.47 bits per heavy atom. The van der Waals surface area contributed by atoms with Crippen LogP contribution in [0.2, 0.25) is 0 Å². The number of nitro benzene ring substituents is 1. The van der Waals surface area contributed by atoms with Gasteiger partial charge in [-0.1, -0.05) is 0 Å². The summed E-state index contributed by atoms with van der Waals surface area (Å²) in [6, 6.07) is 5.54. The molecule has 0 saturated heterocycles. The molecule has 1 rings (SSSR count). The Morgan fingerprint density at radius 1 is 1.47 bits per heavy atom. The molecular weight excluding hydrogens is 307 g/mol. The van der Waals surface area contributed by atoms with Crippen LogP contribution in [0.4, 0.5) is 11.4 Å². The number of hydrogen-bond donors (Lipinski definition) is 0. The summed E-state index contributed by atoms with van der Waals surface area (Å²) < 4.78 is 0.669. The van der Waals surface area contributed by atoms with E-state index in [9.17, 15) is 10.1 Å². The molecule has 0 aliphatic heterocycles. The summed E-state index contributed by atoms with van der Waals surface area (Å²) >= 11 is 1.99. The molecule has 0 atom stereocenters. The van der Waals surface area contributed by atoms with Crippen molar-refractivity contribution in [1.82, 2.24) is 0 Å². The van der Waals surface area contributed by atoms with Crippen LogP contribution in [-0.4, -0.2) is 18.0 Å². The van der Waals surface area contributed by atoms with E-state index in [4.69, 9.17) is 0 Å². The zero-order valence-corrected chi connectivity index (χ0v) is 11.1. The lowest BCUT2D eigenvalue weighted by Crippen LogP contribution is -2.25. The van der Waals surface area contributed by atoms with Crippen LogP contribution in [0.5, 0.6) is 0 Å². The average Bonchev–Trinajstić information content (AvgIpc) is 2.15. The molecule has 0 spiro atoms. The number of anilines is 1. The van der Waals surface area contributed by atoms with Gasteiger partial charge in [-0.05, 0) is 48.6 Å². The predicted molar refractivity (Wildman–Crippen MR) is 69.4 cm³/mol. The largest absolute Gasteiger partial charge is 0.372 e. The van der Waals surface area contributed by atoms with Crippen LogP contribution in [0.3, 0.4) is 0 Å². The van der Waals surface area contributed by atoms with E-state index in [-0.39, 0.29) is 10.6 Å². The van der Waals surface area contributed by atoms with Gasteiger partial charge in [0, 0.05) is 24.8 Å². The van der Waals surface area contributed by atoms with E-state index in [1.807, 2.05) is 35.7 Å². The van der Waals surface area contributed by atoms with Gasteiger partial charge in [0.2, 0.25) is 0 Å². The number of nitro groups is 1. The highest BCUT2D eigenvalue weighted by molar-refractivity contribution is 14.1. The first kappa shape index (κ1) is 12.2. The minimum absolute atomic E-state index is 0.163. The first-order chi connectivity index (χ1) is 6.93. The first-order valence-corrected chi connectivity index (χ1v) is 5.68. The Kier molecular flexibility index (Phi) is 3.90. The fourth-order valence-electron chi connectivity index (χ4n) is 1.16. The van der Waals surface area contributed by atoms with Gasteiger partial charge in [-0.3, -0.25) is 10.1 Å². The molecule has 0 aliphatic rings. The van der Waals surface area contributed by atoms with Gasteiger partial charge >= 0.3 is 0 Å². The molecule has 0 bridgehead atoms. The zero-order chi connectivity index (χ0) is 11.6. The van der Waals surface area contributed by atoms with Crippen molar-refractivity contribution in [3.05, 3.63) is 31.9 Å². The minimum atomic E-state index is -0.360. The van der Waals surface area contributed by atoms with Gasteiger partial charge in [0.15, 0.2) is 0 Å². The van der Waals surface area contributed by atoms with Crippen LogP contribution in [-0.2, 0) is 0 Å². The van der Waals surface area contributed by atoms with Crippen LogP contribution in [0.15, 0.2) is 18.2 Å². The second kappa shape index (κ2) is 4.78. The molecule has 0 fully saturated rings. The standard InChI is InChI=1S/C10H13IN2O2/c1-7(2)12(3)8-4-5-10(13(14)15)9(11)6-8/h4-7H,1-3H3. The summed E-state index contributed by atoms with van der Waals surface area (Å²) in [4.78, 5) is 12.3. The summed E-state index contributed by atoms with van der Waals surface area (Å²) in [6.07, 6.45) is 0. The van der Waals surface area contributed by atoms with Gasteiger partial charge < -0.3 is 4.90 Å². The fourth-order valence-corrected chi connectivity index (χ4v) is 1.86. The third-order valence-electron chi connectivity index (χ3n) is 2.31. The van der Waals surface area contributed by atoms with Crippen LogP contribution in [0.1, 0.15) is 13.8 Å². The van der Waals surface area contributed by atoms with Crippen molar-refractivity contribution >= 4 is 34.0 Å². The Hall–Kier alpha value is -0.850. The van der Waals surface area contributed by atoms with Crippen LogP contribution in [0, 0.1) is 13.7 Å². The van der Waals surface area contributed by atoms with Gasteiger partial charge in [0.05, 0.1) is 8.49 Å². The van der Waals surface area contributed by atoms with E-state index in [0.717, 1.165) is 5.69 Å². The lowest BCUT2D eigenvalue weighted by atomic mass is 10.2. The molecular formula is C10H13IN2O2. The highest BCUT2D eigenvalue weighted by Crippen LogP contribution is 2.26. The minimum Gasteiger partial charge on any atom is -0.372 e. The SMILES string of the molecule is CC(C)N(C)c1ccc([N+](=O)[O-])c(I)c1. The maximum absolute atomic E-state index is 10.6. The van der Waals surface area contributed by atoms with E-state index in [0.29, 0.717) is 9.61 Å². The van der Waals surface area contributed by atoms with Gasteiger partial charge in [-0.15, -0.1) is 0 Å². The highest BCUT2D eigenvalue weighted by Gasteiger charge is 2.13. The lowest BCUT2D eigenvalue weighted by molar-refractivity contribution is -0.385. The number of rotatable bonds is 3. The van der Waals surface area contributed by atoms with E-state index in [2.05, 4.69) is 18.7 Å². The molecule has 0 aliphatic carbocycles. The molecule has 0 unspecified atom stereocenters. The van der Waals surface area contributed by atoms with Crippen molar-refractivity contribution in [1.29, 1.82) is 0 Å². The lowest BCUT2D eigenvalue weighted by Gasteiger charge is -2.23. The molecule has 0 N–H and O–H groups in total. The van der Waals surface area contributed by atoms with Crippen molar-refractivity contribution in [3.63, 3.8) is 0 Å². The van der Waals surface area contributed by atoms with Gasteiger partial charge in [-0.25, -0.2) is 0 Å². The molecule has 0 saturated carbocycles. The van der Waals surface area contributed by atoms with Crippen molar-refractivity contribution in [2.45, 2.75) is 19.9 Å². The van der Waals surface area contributed by atoms with Crippen molar-refractivity contribution in [2.24, 2.45) is 0 Å². The third kappa shape index (κ3) is 2.80. The molecule has 1 aromatic carbocycles. The molecule has 0 amide bonds.